The second kappa shape index (κ2) is 5.85. The monoisotopic (exact) mass is 313 g/mol. The predicted molar refractivity (Wildman–Crippen MR) is 78.4 cm³/mol. The maximum Gasteiger partial charge on any atom is 0.417 e. The number of rotatable bonds is 4. The van der Waals surface area contributed by atoms with Gasteiger partial charge in [-0.1, -0.05) is 19.1 Å². The molecule has 0 aliphatic heterocycles. The van der Waals surface area contributed by atoms with Crippen molar-refractivity contribution >= 4 is 17.2 Å². The van der Waals surface area contributed by atoms with Crippen molar-refractivity contribution in [1.29, 1.82) is 0 Å². The second-order valence-electron chi connectivity index (χ2n) is 4.56. The van der Waals surface area contributed by atoms with Crippen LogP contribution in [-0.4, -0.2) is 14.5 Å². The number of aryl methyl sites for hydroxylation is 1. The molecule has 1 aromatic carbocycles. The Kier molecular flexibility index (Phi) is 4.32. The molecule has 0 unspecified atom stereocenters. The third-order valence-electron chi connectivity index (χ3n) is 3.04. The molecule has 1 heterocycles. The first-order chi connectivity index (χ1) is 9.84. The maximum atomic E-state index is 13.1. The molecule has 0 atom stereocenters. The normalized spacial score (nSPS) is 11.6. The summed E-state index contributed by atoms with van der Waals surface area (Å²) in [6.07, 6.45) is 0.237. The molecule has 0 spiro atoms. The van der Waals surface area contributed by atoms with E-state index in [2.05, 4.69) is 17.2 Å². The van der Waals surface area contributed by atoms with Crippen molar-refractivity contribution in [2.24, 2.45) is 5.73 Å². The first kappa shape index (κ1) is 15.5. The number of imidazole rings is 1. The average Bonchev–Trinajstić information content (AvgIpc) is 2.85. The van der Waals surface area contributed by atoms with Gasteiger partial charge in [-0.25, -0.2) is 4.98 Å². The third-order valence-corrected chi connectivity index (χ3v) is 3.26. The Labute approximate surface area is 125 Å². The number of alkyl halides is 3. The molecule has 0 saturated carbocycles. The molecule has 0 amide bonds. The van der Waals surface area contributed by atoms with Gasteiger partial charge in [-0.2, -0.15) is 13.2 Å². The zero-order chi connectivity index (χ0) is 15.6. The third kappa shape index (κ3) is 3.24. The van der Waals surface area contributed by atoms with Crippen LogP contribution in [0.15, 0.2) is 30.6 Å². The Morgan fingerprint density at radius 1 is 1.38 bits per heavy atom. The van der Waals surface area contributed by atoms with Crippen LogP contribution in [0.2, 0.25) is 0 Å². The zero-order valence-corrected chi connectivity index (χ0v) is 12.1. The number of nitrogens with two attached hydrogens (primary N) is 1. The van der Waals surface area contributed by atoms with Crippen LogP contribution >= 0.6 is 12.2 Å². The van der Waals surface area contributed by atoms with Gasteiger partial charge in [0.2, 0.25) is 0 Å². The van der Waals surface area contributed by atoms with Crippen molar-refractivity contribution in [2.75, 3.05) is 0 Å². The van der Waals surface area contributed by atoms with Gasteiger partial charge < -0.3 is 10.3 Å². The second-order valence-corrected chi connectivity index (χ2v) is 5.00. The highest BCUT2D eigenvalue weighted by Gasteiger charge is 2.34. The summed E-state index contributed by atoms with van der Waals surface area (Å²) in [6.45, 7) is 1.98. The Morgan fingerprint density at radius 2 is 2.10 bits per heavy atom. The van der Waals surface area contributed by atoms with E-state index in [1.807, 2.05) is 6.92 Å². The SMILES string of the molecule is CCCc1nccn1-c1ccc(C(N)=S)c(C(F)(F)F)c1. The molecule has 3 nitrogen and oxygen atoms in total. The van der Waals surface area contributed by atoms with Gasteiger partial charge in [0, 0.05) is 30.1 Å². The summed E-state index contributed by atoms with van der Waals surface area (Å²) in [5.74, 6) is 0.716. The van der Waals surface area contributed by atoms with E-state index in [4.69, 9.17) is 5.73 Å². The molecular weight excluding hydrogens is 299 g/mol. The fourth-order valence-electron chi connectivity index (χ4n) is 2.11. The first-order valence-electron chi connectivity index (χ1n) is 6.38. The summed E-state index contributed by atoms with van der Waals surface area (Å²) in [6, 6.07) is 3.91. The van der Waals surface area contributed by atoms with E-state index in [9.17, 15) is 13.2 Å². The smallest absolute Gasteiger partial charge is 0.389 e. The van der Waals surface area contributed by atoms with Gasteiger partial charge >= 0.3 is 6.18 Å². The fraction of sp³-hybridized carbons (Fsp3) is 0.286. The van der Waals surface area contributed by atoms with Crippen LogP contribution in [0.25, 0.3) is 5.69 Å². The molecule has 2 aromatic rings. The van der Waals surface area contributed by atoms with E-state index in [0.717, 1.165) is 12.5 Å². The largest absolute Gasteiger partial charge is 0.417 e. The summed E-state index contributed by atoms with van der Waals surface area (Å²) < 4.78 is 41.1. The van der Waals surface area contributed by atoms with E-state index in [1.54, 1.807) is 23.0 Å². The maximum absolute atomic E-state index is 13.1. The first-order valence-corrected chi connectivity index (χ1v) is 6.79. The average molecular weight is 313 g/mol. The molecule has 0 saturated heterocycles. The van der Waals surface area contributed by atoms with Gasteiger partial charge in [0.1, 0.15) is 10.8 Å². The van der Waals surface area contributed by atoms with Crippen molar-refractivity contribution in [1.82, 2.24) is 9.55 Å². The zero-order valence-electron chi connectivity index (χ0n) is 11.3. The van der Waals surface area contributed by atoms with Crippen LogP contribution < -0.4 is 5.73 Å². The van der Waals surface area contributed by atoms with Crippen LogP contribution in [0, 0.1) is 0 Å². The fourth-order valence-corrected chi connectivity index (χ4v) is 2.29. The Morgan fingerprint density at radius 3 is 2.67 bits per heavy atom. The number of halogens is 3. The highest BCUT2D eigenvalue weighted by atomic mass is 32.1. The lowest BCUT2D eigenvalue weighted by Gasteiger charge is -2.15. The molecule has 2 N–H and O–H groups in total. The van der Waals surface area contributed by atoms with Gasteiger partial charge in [-0.05, 0) is 24.6 Å². The number of thiocarbonyl (C=S) groups is 1. The minimum Gasteiger partial charge on any atom is -0.389 e. The predicted octanol–water partition coefficient (Wildman–Crippen LogP) is 3.48. The van der Waals surface area contributed by atoms with E-state index >= 15 is 0 Å². The lowest BCUT2D eigenvalue weighted by molar-refractivity contribution is -0.137. The summed E-state index contributed by atoms with van der Waals surface area (Å²) in [7, 11) is 0. The molecule has 0 aliphatic carbocycles. The van der Waals surface area contributed by atoms with Gasteiger partial charge in [0.15, 0.2) is 0 Å². The molecular formula is C14H14F3N3S. The van der Waals surface area contributed by atoms with Gasteiger partial charge in [0.05, 0.1) is 5.56 Å². The molecule has 0 bridgehead atoms. The van der Waals surface area contributed by atoms with Crippen molar-refractivity contribution < 1.29 is 13.2 Å². The Hall–Kier alpha value is -1.89. The minimum atomic E-state index is -4.51. The molecule has 1 aromatic heterocycles. The molecule has 0 fully saturated rings. The molecule has 0 aliphatic rings. The van der Waals surface area contributed by atoms with Gasteiger partial charge in [-0.3, -0.25) is 0 Å². The van der Waals surface area contributed by atoms with E-state index in [0.29, 0.717) is 17.9 Å². The van der Waals surface area contributed by atoms with Crippen LogP contribution in [0.3, 0.4) is 0 Å². The summed E-state index contributed by atoms with van der Waals surface area (Å²) >= 11 is 4.69. The van der Waals surface area contributed by atoms with Crippen molar-refractivity contribution in [3.63, 3.8) is 0 Å². The van der Waals surface area contributed by atoms with Gasteiger partial charge in [0.25, 0.3) is 0 Å². The standard InChI is InChI=1S/C14H14F3N3S/c1-2-3-12-19-6-7-20(12)9-4-5-10(13(18)21)11(8-9)14(15,16)17/h4-8H,2-3H2,1H3,(H2,18,21). The lowest BCUT2D eigenvalue weighted by atomic mass is 10.1. The number of hydrogen-bond acceptors (Lipinski definition) is 2. The number of benzene rings is 1. The molecule has 0 radical (unpaired) electrons. The van der Waals surface area contributed by atoms with Crippen molar-refractivity contribution in [2.45, 2.75) is 25.9 Å². The summed E-state index contributed by atoms with van der Waals surface area (Å²) in [5.41, 5.74) is 4.76. The number of nitrogens with zero attached hydrogens (tertiary/aromatic N) is 2. The van der Waals surface area contributed by atoms with E-state index in [-0.39, 0.29) is 10.6 Å². The Bertz CT molecular complexity index is 662. The topological polar surface area (TPSA) is 43.8 Å². The molecule has 2 rings (SSSR count). The highest BCUT2D eigenvalue weighted by Crippen LogP contribution is 2.33. The lowest BCUT2D eigenvalue weighted by Crippen LogP contribution is -2.18. The van der Waals surface area contributed by atoms with Gasteiger partial charge in [-0.15, -0.1) is 0 Å². The van der Waals surface area contributed by atoms with Crippen LogP contribution in [0.4, 0.5) is 13.2 Å². The van der Waals surface area contributed by atoms with Crippen molar-refractivity contribution in [3.05, 3.63) is 47.5 Å². The van der Waals surface area contributed by atoms with E-state index in [1.165, 1.54) is 6.07 Å². The van der Waals surface area contributed by atoms with Crippen LogP contribution in [0.1, 0.15) is 30.3 Å². The quantitative estimate of drug-likeness (QED) is 0.879. The highest BCUT2D eigenvalue weighted by molar-refractivity contribution is 7.80. The molecule has 7 heteroatoms. The summed E-state index contributed by atoms with van der Waals surface area (Å²) in [4.78, 5) is 3.89. The summed E-state index contributed by atoms with van der Waals surface area (Å²) in [5, 5.41) is 0. The number of hydrogen-bond donors (Lipinski definition) is 1. The number of aromatic nitrogens is 2. The molecule has 112 valence electrons. The van der Waals surface area contributed by atoms with Crippen LogP contribution in [0.5, 0.6) is 0 Å². The van der Waals surface area contributed by atoms with Crippen molar-refractivity contribution in [3.8, 4) is 5.69 Å². The molecule has 21 heavy (non-hydrogen) atoms. The van der Waals surface area contributed by atoms with E-state index < -0.39 is 11.7 Å². The van der Waals surface area contributed by atoms with Crippen LogP contribution in [-0.2, 0) is 12.6 Å². The minimum absolute atomic E-state index is 0.168. The Balaban J connectivity index is 2.57.